The Labute approximate surface area is 130 Å². The van der Waals surface area contributed by atoms with E-state index < -0.39 is 0 Å². The predicted molar refractivity (Wildman–Crippen MR) is 83.3 cm³/mol. The largest absolute Gasteiger partial charge is 0.484 e. The number of aryl methyl sites for hydroxylation is 1. The molecule has 1 amide bonds. The van der Waals surface area contributed by atoms with Crippen LogP contribution in [0.5, 0.6) is 5.75 Å². The Hall–Kier alpha value is -2.47. The Kier molecular flexibility index (Phi) is 4.02. The van der Waals surface area contributed by atoms with Crippen molar-refractivity contribution in [2.24, 2.45) is 12.0 Å². The quantitative estimate of drug-likeness (QED) is 0.746. The highest BCUT2D eigenvalue weighted by Crippen LogP contribution is 2.15. The Morgan fingerprint density at radius 1 is 1.23 bits per heavy atom. The van der Waals surface area contributed by atoms with Gasteiger partial charge in [-0.3, -0.25) is 4.79 Å². The summed E-state index contributed by atoms with van der Waals surface area (Å²) in [5, 5.41) is 0. The smallest absolute Gasteiger partial charge is 0.286 e. The number of carbonyl (C=O) groups is 1. The van der Waals surface area contributed by atoms with Gasteiger partial charge in [0.05, 0.1) is 10.2 Å². The van der Waals surface area contributed by atoms with Crippen LogP contribution in [0.4, 0.5) is 4.39 Å². The van der Waals surface area contributed by atoms with Gasteiger partial charge in [0, 0.05) is 7.05 Å². The lowest BCUT2D eigenvalue weighted by Gasteiger charge is -2.02. The summed E-state index contributed by atoms with van der Waals surface area (Å²) in [7, 11) is 1.87. The van der Waals surface area contributed by atoms with Crippen LogP contribution in [-0.4, -0.2) is 17.1 Å². The molecule has 0 radical (unpaired) electrons. The first-order chi connectivity index (χ1) is 10.6. The molecule has 1 aromatic heterocycles. The Balaban J connectivity index is 1.77. The van der Waals surface area contributed by atoms with E-state index in [4.69, 9.17) is 4.74 Å². The van der Waals surface area contributed by atoms with Gasteiger partial charge in [-0.25, -0.2) is 4.39 Å². The third-order valence-electron chi connectivity index (χ3n) is 3.11. The summed E-state index contributed by atoms with van der Waals surface area (Å²) in [5.41, 5.74) is 1.03. The number of fused-ring (bicyclic) bond motifs is 1. The van der Waals surface area contributed by atoms with Crippen molar-refractivity contribution in [3.05, 3.63) is 59.1 Å². The monoisotopic (exact) mass is 316 g/mol. The van der Waals surface area contributed by atoms with Crippen molar-refractivity contribution in [1.29, 1.82) is 0 Å². The number of para-hydroxylation sites is 1. The van der Waals surface area contributed by atoms with Gasteiger partial charge in [-0.2, -0.15) is 4.99 Å². The second kappa shape index (κ2) is 6.11. The molecular formula is C16H13FN2O2S. The lowest BCUT2D eigenvalue weighted by atomic mass is 10.3. The molecular weight excluding hydrogens is 303 g/mol. The summed E-state index contributed by atoms with van der Waals surface area (Å²) in [6.45, 7) is -0.181. The van der Waals surface area contributed by atoms with Crippen molar-refractivity contribution >= 4 is 27.5 Å². The first kappa shape index (κ1) is 14.5. The second-order valence-electron chi connectivity index (χ2n) is 4.66. The number of aromatic nitrogens is 1. The molecule has 0 spiro atoms. The number of amides is 1. The second-order valence-corrected chi connectivity index (χ2v) is 5.67. The van der Waals surface area contributed by atoms with Crippen molar-refractivity contribution in [2.75, 3.05) is 6.61 Å². The molecule has 0 aliphatic heterocycles. The molecule has 112 valence electrons. The minimum absolute atomic E-state index is 0.181. The van der Waals surface area contributed by atoms with Gasteiger partial charge in [0.25, 0.3) is 5.91 Å². The molecule has 0 N–H and O–H groups in total. The maximum atomic E-state index is 12.8. The van der Waals surface area contributed by atoms with E-state index in [9.17, 15) is 9.18 Å². The first-order valence-corrected chi connectivity index (χ1v) is 7.45. The van der Waals surface area contributed by atoms with Gasteiger partial charge in [-0.05, 0) is 36.4 Å². The fraction of sp³-hybridized carbons (Fsp3) is 0.125. The van der Waals surface area contributed by atoms with E-state index in [0.717, 1.165) is 10.2 Å². The molecule has 1 heterocycles. The topological polar surface area (TPSA) is 43.6 Å². The van der Waals surface area contributed by atoms with Crippen LogP contribution in [0.2, 0.25) is 0 Å². The normalized spacial score (nSPS) is 11.8. The van der Waals surface area contributed by atoms with E-state index in [-0.39, 0.29) is 18.3 Å². The maximum Gasteiger partial charge on any atom is 0.286 e. The van der Waals surface area contributed by atoms with Gasteiger partial charge in [-0.1, -0.05) is 23.5 Å². The number of hydrogen-bond donors (Lipinski definition) is 0. The molecule has 22 heavy (non-hydrogen) atoms. The van der Waals surface area contributed by atoms with Crippen molar-refractivity contribution in [2.45, 2.75) is 0 Å². The average Bonchev–Trinajstić information content (AvgIpc) is 2.83. The third kappa shape index (κ3) is 3.07. The maximum absolute atomic E-state index is 12.8. The summed E-state index contributed by atoms with van der Waals surface area (Å²) in [4.78, 5) is 16.6. The standard InChI is InChI=1S/C16H13FN2O2S/c1-19-13-4-2-3-5-14(13)22-16(19)18-15(20)10-21-12-8-6-11(17)7-9-12/h2-9H,10H2,1H3. The number of benzene rings is 2. The number of rotatable bonds is 3. The summed E-state index contributed by atoms with van der Waals surface area (Å²) >= 11 is 1.45. The van der Waals surface area contributed by atoms with Gasteiger partial charge in [-0.15, -0.1) is 0 Å². The van der Waals surface area contributed by atoms with Crippen molar-refractivity contribution in [1.82, 2.24) is 4.57 Å². The van der Waals surface area contributed by atoms with E-state index in [0.29, 0.717) is 10.6 Å². The molecule has 0 fully saturated rings. The highest BCUT2D eigenvalue weighted by atomic mass is 32.1. The molecule has 0 saturated carbocycles. The SMILES string of the molecule is Cn1c(=NC(=O)COc2ccc(F)cc2)sc2ccccc21. The van der Waals surface area contributed by atoms with Crippen molar-refractivity contribution in [3.63, 3.8) is 0 Å². The molecule has 2 aromatic carbocycles. The van der Waals surface area contributed by atoms with E-state index in [1.54, 1.807) is 0 Å². The van der Waals surface area contributed by atoms with Gasteiger partial charge in [0.1, 0.15) is 11.6 Å². The number of halogens is 1. The third-order valence-corrected chi connectivity index (χ3v) is 4.22. The predicted octanol–water partition coefficient (Wildman–Crippen LogP) is 2.89. The molecule has 0 unspecified atom stereocenters. The van der Waals surface area contributed by atoms with Crippen LogP contribution < -0.4 is 9.54 Å². The molecule has 0 aliphatic carbocycles. The van der Waals surface area contributed by atoms with Crippen LogP contribution in [-0.2, 0) is 11.8 Å². The zero-order valence-corrected chi connectivity index (χ0v) is 12.6. The van der Waals surface area contributed by atoms with Gasteiger partial charge in [0.2, 0.25) is 0 Å². The minimum atomic E-state index is -0.383. The highest BCUT2D eigenvalue weighted by molar-refractivity contribution is 7.16. The summed E-state index contributed by atoms with van der Waals surface area (Å²) in [5.74, 6) is -0.294. The van der Waals surface area contributed by atoms with Crippen LogP contribution >= 0.6 is 11.3 Å². The molecule has 6 heteroatoms. The number of thiazole rings is 1. The molecule has 0 saturated heterocycles. The lowest BCUT2D eigenvalue weighted by Crippen LogP contribution is -2.17. The summed E-state index contributed by atoms with van der Waals surface area (Å²) in [6, 6.07) is 13.4. The van der Waals surface area contributed by atoms with E-state index >= 15 is 0 Å². The molecule has 0 aliphatic rings. The Morgan fingerprint density at radius 3 is 2.68 bits per heavy atom. The van der Waals surface area contributed by atoms with Crippen molar-refractivity contribution in [3.8, 4) is 5.75 Å². The first-order valence-electron chi connectivity index (χ1n) is 6.64. The molecule has 0 bridgehead atoms. The van der Waals surface area contributed by atoms with Crippen LogP contribution in [0.15, 0.2) is 53.5 Å². The van der Waals surface area contributed by atoms with Gasteiger partial charge in [0.15, 0.2) is 11.4 Å². The number of carbonyl (C=O) groups excluding carboxylic acids is 1. The van der Waals surface area contributed by atoms with E-state index in [1.807, 2.05) is 35.9 Å². The minimum Gasteiger partial charge on any atom is -0.484 e. The highest BCUT2D eigenvalue weighted by Gasteiger charge is 2.05. The molecule has 4 nitrogen and oxygen atoms in total. The average molecular weight is 316 g/mol. The van der Waals surface area contributed by atoms with E-state index in [2.05, 4.69) is 4.99 Å². The molecule has 0 atom stereocenters. The number of ether oxygens (including phenoxy) is 1. The molecule has 3 rings (SSSR count). The van der Waals surface area contributed by atoms with Gasteiger partial charge < -0.3 is 9.30 Å². The zero-order chi connectivity index (χ0) is 15.5. The number of nitrogens with zero attached hydrogens (tertiary/aromatic N) is 2. The van der Waals surface area contributed by atoms with Crippen LogP contribution in [0, 0.1) is 5.82 Å². The zero-order valence-electron chi connectivity index (χ0n) is 11.8. The summed E-state index contributed by atoms with van der Waals surface area (Å²) < 4.78 is 21.0. The van der Waals surface area contributed by atoms with Crippen molar-refractivity contribution < 1.29 is 13.9 Å². The molecule has 3 aromatic rings. The summed E-state index contributed by atoms with van der Waals surface area (Å²) in [6.07, 6.45) is 0. The lowest BCUT2D eigenvalue weighted by molar-refractivity contribution is -0.120. The van der Waals surface area contributed by atoms with E-state index in [1.165, 1.54) is 35.6 Å². The Morgan fingerprint density at radius 2 is 1.95 bits per heavy atom. The van der Waals surface area contributed by atoms with Crippen LogP contribution in [0.25, 0.3) is 10.2 Å². The van der Waals surface area contributed by atoms with Gasteiger partial charge >= 0.3 is 0 Å². The number of hydrogen-bond acceptors (Lipinski definition) is 3. The van der Waals surface area contributed by atoms with Crippen LogP contribution in [0.3, 0.4) is 0 Å². The fourth-order valence-corrected chi connectivity index (χ4v) is 3.04. The Bertz CT molecular complexity index is 881. The van der Waals surface area contributed by atoms with Crippen LogP contribution in [0.1, 0.15) is 0 Å². The fourth-order valence-electron chi connectivity index (χ4n) is 2.00.